The van der Waals surface area contributed by atoms with E-state index >= 15 is 0 Å². The van der Waals surface area contributed by atoms with Crippen LogP contribution in [-0.2, 0) is 9.53 Å². The molecule has 2 bridgehead atoms. The molecule has 1 heterocycles. The van der Waals surface area contributed by atoms with Crippen LogP contribution in [-0.4, -0.2) is 48.7 Å². The molecule has 0 radical (unpaired) electrons. The molecule has 0 aromatic heterocycles. The van der Waals surface area contributed by atoms with Crippen LogP contribution in [0.1, 0.15) is 51.9 Å². The smallest absolute Gasteiger partial charge is 0.326 e. The van der Waals surface area contributed by atoms with Crippen LogP contribution in [0.15, 0.2) is 0 Å². The Kier molecular flexibility index (Phi) is 4.04. The fourth-order valence-electron chi connectivity index (χ4n) is 4.72. The second-order valence-corrected chi connectivity index (χ2v) is 6.83. The number of nitrogens with one attached hydrogen (secondary N) is 1. The Balaban J connectivity index is 1.70. The normalized spacial score (nSPS) is 41.0. The van der Waals surface area contributed by atoms with Gasteiger partial charge < -0.3 is 10.1 Å². The highest BCUT2D eigenvalue weighted by Gasteiger charge is 2.48. The van der Waals surface area contributed by atoms with Crippen LogP contribution in [0.4, 0.5) is 0 Å². The number of likely N-dealkylation sites (tertiary alicyclic amines) is 1. The van der Waals surface area contributed by atoms with Crippen LogP contribution in [0.2, 0.25) is 0 Å². The summed E-state index contributed by atoms with van der Waals surface area (Å²) in [6.07, 6.45) is 8.38. The maximum Gasteiger partial charge on any atom is 0.326 e. The van der Waals surface area contributed by atoms with Crippen molar-refractivity contribution in [1.29, 1.82) is 0 Å². The lowest BCUT2D eigenvalue weighted by Crippen LogP contribution is -2.58. The number of hydrogen-bond acceptors (Lipinski definition) is 4. The van der Waals surface area contributed by atoms with Gasteiger partial charge in [-0.25, -0.2) is 0 Å². The first kappa shape index (κ1) is 14.3. The van der Waals surface area contributed by atoms with Gasteiger partial charge in [0.15, 0.2) is 0 Å². The fraction of sp³-hybridized carbons (Fsp3) is 0.938. The molecule has 3 rings (SSSR count). The second kappa shape index (κ2) is 5.64. The molecule has 0 aromatic carbocycles. The summed E-state index contributed by atoms with van der Waals surface area (Å²) in [6, 6.07) is 1.36. The van der Waals surface area contributed by atoms with Crippen molar-refractivity contribution in [2.75, 3.05) is 20.2 Å². The van der Waals surface area contributed by atoms with E-state index in [1.807, 2.05) is 14.0 Å². The van der Waals surface area contributed by atoms with Gasteiger partial charge in [0.25, 0.3) is 0 Å². The molecule has 1 saturated heterocycles. The Hall–Kier alpha value is -0.610. The zero-order valence-corrected chi connectivity index (χ0v) is 12.9. The summed E-state index contributed by atoms with van der Waals surface area (Å²) in [7, 11) is 1.91. The van der Waals surface area contributed by atoms with E-state index < -0.39 is 5.54 Å². The van der Waals surface area contributed by atoms with Crippen LogP contribution < -0.4 is 5.32 Å². The number of ether oxygens (including phenoxy) is 1. The number of rotatable bonds is 4. The highest BCUT2D eigenvalue weighted by atomic mass is 16.5. The lowest BCUT2D eigenvalue weighted by Gasteiger charge is -2.44. The third kappa shape index (κ3) is 2.37. The molecule has 2 aliphatic carbocycles. The number of likely N-dealkylation sites (N-methyl/N-ethyl adjacent to an activating group) is 1. The third-order valence-corrected chi connectivity index (χ3v) is 5.79. The minimum Gasteiger partial charge on any atom is -0.465 e. The molecule has 20 heavy (non-hydrogen) atoms. The van der Waals surface area contributed by atoms with Crippen LogP contribution in [0.25, 0.3) is 0 Å². The van der Waals surface area contributed by atoms with Crippen molar-refractivity contribution < 1.29 is 9.53 Å². The summed E-state index contributed by atoms with van der Waals surface area (Å²) in [5, 5.41) is 3.30. The maximum absolute atomic E-state index is 12.4. The molecule has 1 aliphatic heterocycles. The lowest BCUT2D eigenvalue weighted by atomic mass is 9.78. The highest BCUT2D eigenvalue weighted by molar-refractivity contribution is 5.81. The van der Waals surface area contributed by atoms with Crippen molar-refractivity contribution in [3.05, 3.63) is 0 Å². The van der Waals surface area contributed by atoms with Gasteiger partial charge in [-0.1, -0.05) is 0 Å². The van der Waals surface area contributed by atoms with E-state index in [0.717, 1.165) is 31.2 Å². The summed E-state index contributed by atoms with van der Waals surface area (Å²) in [4.78, 5) is 15.1. The van der Waals surface area contributed by atoms with E-state index in [2.05, 4.69) is 10.2 Å². The number of piperidine rings is 1. The molecular weight excluding hydrogens is 252 g/mol. The molecule has 2 saturated carbocycles. The summed E-state index contributed by atoms with van der Waals surface area (Å²) < 4.78 is 5.33. The summed E-state index contributed by atoms with van der Waals surface area (Å²) in [6.45, 7) is 3.63. The van der Waals surface area contributed by atoms with E-state index in [0.29, 0.717) is 12.6 Å². The first-order valence-electron chi connectivity index (χ1n) is 8.30. The monoisotopic (exact) mass is 280 g/mol. The highest BCUT2D eigenvalue weighted by Crippen LogP contribution is 2.42. The summed E-state index contributed by atoms with van der Waals surface area (Å²) in [5.41, 5.74) is -0.444. The minimum absolute atomic E-state index is 0.0449. The van der Waals surface area contributed by atoms with Gasteiger partial charge >= 0.3 is 5.97 Å². The average molecular weight is 280 g/mol. The van der Waals surface area contributed by atoms with Gasteiger partial charge in [0.2, 0.25) is 0 Å². The van der Waals surface area contributed by atoms with Crippen LogP contribution in [0, 0.1) is 5.92 Å². The zero-order valence-electron chi connectivity index (χ0n) is 12.9. The third-order valence-electron chi connectivity index (χ3n) is 5.79. The predicted molar refractivity (Wildman–Crippen MR) is 78.5 cm³/mol. The first-order valence-corrected chi connectivity index (χ1v) is 8.30. The molecule has 0 amide bonds. The maximum atomic E-state index is 12.4. The van der Waals surface area contributed by atoms with Gasteiger partial charge in [-0.15, -0.1) is 0 Å². The van der Waals surface area contributed by atoms with E-state index in [1.165, 1.54) is 32.2 Å². The molecule has 3 fully saturated rings. The Morgan fingerprint density at radius 1 is 1.35 bits per heavy atom. The Morgan fingerprint density at radius 2 is 2.20 bits per heavy atom. The molecular formula is C16H28N2O2. The van der Waals surface area contributed by atoms with Crippen molar-refractivity contribution in [3.8, 4) is 0 Å². The topological polar surface area (TPSA) is 41.6 Å². The molecule has 4 unspecified atom stereocenters. The second-order valence-electron chi connectivity index (χ2n) is 6.83. The number of carbonyl (C=O) groups is 1. The van der Waals surface area contributed by atoms with Crippen molar-refractivity contribution in [3.63, 3.8) is 0 Å². The van der Waals surface area contributed by atoms with Crippen molar-refractivity contribution >= 4 is 5.97 Å². The van der Waals surface area contributed by atoms with Crippen molar-refractivity contribution in [2.45, 2.75) is 69.5 Å². The first-order chi connectivity index (χ1) is 9.68. The number of carbonyl (C=O) groups excluding carboxylic acids is 1. The number of hydrogen-bond donors (Lipinski definition) is 1. The van der Waals surface area contributed by atoms with Gasteiger partial charge in [0.1, 0.15) is 5.54 Å². The van der Waals surface area contributed by atoms with Crippen molar-refractivity contribution in [2.24, 2.45) is 5.92 Å². The number of esters is 1. The Labute approximate surface area is 122 Å². The van der Waals surface area contributed by atoms with Gasteiger partial charge in [-0.3, -0.25) is 9.69 Å². The molecule has 4 heteroatoms. The molecule has 3 aliphatic rings. The largest absolute Gasteiger partial charge is 0.465 e. The van der Waals surface area contributed by atoms with E-state index in [4.69, 9.17) is 4.74 Å². The summed E-state index contributed by atoms with van der Waals surface area (Å²) >= 11 is 0. The van der Waals surface area contributed by atoms with Crippen molar-refractivity contribution in [1.82, 2.24) is 10.2 Å². The molecule has 0 spiro atoms. The quantitative estimate of drug-likeness (QED) is 0.799. The van der Waals surface area contributed by atoms with Crippen LogP contribution in [0.3, 0.4) is 0 Å². The Bertz CT molecular complexity index is 373. The van der Waals surface area contributed by atoms with E-state index in [1.54, 1.807) is 0 Å². The summed E-state index contributed by atoms with van der Waals surface area (Å²) in [5.74, 6) is 0.880. The fourth-order valence-corrected chi connectivity index (χ4v) is 4.72. The number of fused-ring (bicyclic) bond motifs is 2. The lowest BCUT2D eigenvalue weighted by molar-refractivity contribution is -0.153. The molecule has 4 nitrogen and oxygen atoms in total. The van der Waals surface area contributed by atoms with Gasteiger partial charge in [-0.2, -0.15) is 0 Å². The molecule has 4 atom stereocenters. The van der Waals surface area contributed by atoms with E-state index in [-0.39, 0.29) is 5.97 Å². The van der Waals surface area contributed by atoms with Crippen LogP contribution in [0.5, 0.6) is 0 Å². The predicted octanol–water partition coefficient (Wildman–Crippen LogP) is 1.93. The minimum atomic E-state index is -0.444. The van der Waals surface area contributed by atoms with Crippen LogP contribution >= 0.6 is 0 Å². The SMILES string of the molecule is CCOC(=O)C1(NC)CCCC(N2CC3CCC2C3)C1. The van der Waals surface area contributed by atoms with E-state index in [9.17, 15) is 4.79 Å². The van der Waals surface area contributed by atoms with Gasteiger partial charge in [0.05, 0.1) is 6.61 Å². The van der Waals surface area contributed by atoms with Gasteiger partial charge in [0, 0.05) is 18.6 Å². The number of nitrogens with zero attached hydrogens (tertiary/aromatic N) is 1. The standard InChI is InChI=1S/C16H28N2O2/c1-3-20-15(19)16(17-2)8-4-5-14(10-16)18-11-12-6-7-13(18)9-12/h12-14,17H,3-11H2,1-2H3. The molecule has 114 valence electrons. The van der Waals surface area contributed by atoms with Gasteiger partial charge in [-0.05, 0) is 64.8 Å². The zero-order chi connectivity index (χ0) is 14.2. The molecule has 1 N–H and O–H groups in total. The average Bonchev–Trinajstić information content (AvgIpc) is 3.10. The molecule has 0 aromatic rings. The Morgan fingerprint density at radius 3 is 2.80 bits per heavy atom.